The molecule has 1 aromatic heterocycles. The minimum Gasteiger partial charge on any atom is -0.465 e. The fraction of sp³-hybridized carbons (Fsp3) is 0.750. The number of nitrogens with one attached hydrogen (secondary N) is 1. The summed E-state index contributed by atoms with van der Waals surface area (Å²) in [5.74, 6) is 0.736. The number of rotatable bonds is 8. The van der Waals surface area contributed by atoms with Crippen molar-refractivity contribution < 1.29 is 9.53 Å². The number of aryl methyl sites for hydroxylation is 1. The molecule has 0 amide bonds. The van der Waals surface area contributed by atoms with Crippen LogP contribution in [0.2, 0.25) is 0 Å². The van der Waals surface area contributed by atoms with Gasteiger partial charge < -0.3 is 10.1 Å². The number of hydrogen-bond donors (Lipinski definition) is 1. The maximum Gasteiger partial charge on any atom is 0.326 e. The van der Waals surface area contributed by atoms with Gasteiger partial charge in [-0.15, -0.1) is 10.2 Å². The summed E-state index contributed by atoms with van der Waals surface area (Å²) in [7, 11) is 1.79. The van der Waals surface area contributed by atoms with E-state index in [2.05, 4.69) is 15.5 Å². The van der Waals surface area contributed by atoms with Crippen molar-refractivity contribution in [1.82, 2.24) is 15.5 Å². The van der Waals surface area contributed by atoms with E-state index >= 15 is 0 Å². The summed E-state index contributed by atoms with van der Waals surface area (Å²) in [6.07, 6.45) is 1.66. The molecule has 0 saturated carbocycles. The Bertz CT molecular complexity index is 411. The van der Waals surface area contributed by atoms with E-state index in [1.54, 1.807) is 30.1 Å². The SMILES string of the molecule is CCOC(=O)C(C)(CCCSc1nnc(C)s1)NC. The van der Waals surface area contributed by atoms with Gasteiger partial charge in [-0.25, -0.2) is 0 Å². The first-order valence-electron chi connectivity index (χ1n) is 6.31. The molecule has 19 heavy (non-hydrogen) atoms. The van der Waals surface area contributed by atoms with Gasteiger partial charge in [0.05, 0.1) is 6.61 Å². The van der Waals surface area contributed by atoms with Crippen LogP contribution in [0.5, 0.6) is 0 Å². The van der Waals surface area contributed by atoms with Gasteiger partial charge >= 0.3 is 5.97 Å². The van der Waals surface area contributed by atoms with Crippen LogP contribution < -0.4 is 5.32 Å². The van der Waals surface area contributed by atoms with Crippen molar-refractivity contribution in [2.24, 2.45) is 0 Å². The molecule has 1 unspecified atom stereocenters. The highest BCUT2D eigenvalue weighted by atomic mass is 32.2. The smallest absolute Gasteiger partial charge is 0.326 e. The van der Waals surface area contributed by atoms with Crippen LogP contribution in [0.3, 0.4) is 0 Å². The molecule has 1 aromatic rings. The van der Waals surface area contributed by atoms with Crippen LogP contribution in [0.25, 0.3) is 0 Å². The van der Waals surface area contributed by atoms with E-state index in [4.69, 9.17) is 4.74 Å². The maximum absolute atomic E-state index is 11.9. The molecule has 1 rings (SSSR count). The molecule has 0 bridgehead atoms. The van der Waals surface area contributed by atoms with E-state index in [1.807, 2.05) is 20.8 Å². The van der Waals surface area contributed by atoms with Crippen LogP contribution in [-0.4, -0.2) is 41.1 Å². The van der Waals surface area contributed by atoms with Gasteiger partial charge in [0.15, 0.2) is 4.34 Å². The Labute approximate surface area is 122 Å². The number of aromatic nitrogens is 2. The lowest BCUT2D eigenvalue weighted by Gasteiger charge is -2.26. The van der Waals surface area contributed by atoms with Gasteiger partial charge in [-0.3, -0.25) is 4.79 Å². The number of nitrogens with zero attached hydrogens (tertiary/aromatic N) is 2. The molecule has 0 saturated heterocycles. The Morgan fingerprint density at radius 2 is 2.26 bits per heavy atom. The Morgan fingerprint density at radius 1 is 1.53 bits per heavy atom. The Balaban J connectivity index is 2.35. The Morgan fingerprint density at radius 3 is 2.79 bits per heavy atom. The summed E-state index contributed by atoms with van der Waals surface area (Å²) in [6, 6.07) is 0. The number of ether oxygens (including phenoxy) is 1. The number of esters is 1. The Hall–Kier alpha value is -0.660. The average Bonchev–Trinajstić information content (AvgIpc) is 2.80. The number of thioether (sulfide) groups is 1. The fourth-order valence-corrected chi connectivity index (χ4v) is 3.37. The summed E-state index contributed by atoms with van der Waals surface area (Å²) < 4.78 is 6.07. The summed E-state index contributed by atoms with van der Waals surface area (Å²) in [5, 5.41) is 12.1. The van der Waals surface area contributed by atoms with Crippen LogP contribution in [0.1, 0.15) is 31.7 Å². The van der Waals surface area contributed by atoms with E-state index in [0.29, 0.717) is 6.61 Å². The number of hydrogen-bond acceptors (Lipinski definition) is 7. The van der Waals surface area contributed by atoms with Gasteiger partial charge in [0, 0.05) is 5.75 Å². The van der Waals surface area contributed by atoms with Crippen molar-refractivity contribution in [3.8, 4) is 0 Å². The van der Waals surface area contributed by atoms with Crippen LogP contribution in [0.15, 0.2) is 4.34 Å². The molecule has 0 aromatic carbocycles. The highest BCUT2D eigenvalue weighted by molar-refractivity contribution is 8.01. The van der Waals surface area contributed by atoms with Crippen LogP contribution in [0, 0.1) is 6.92 Å². The minimum atomic E-state index is -0.604. The molecule has 108 valence electrons. The maximum atomic E-state index is 11.9. The van der Waals surface area contributed by atoms with Crippen molar-refractivity contribution in [3.63, 3.8) is 0 Å². The molecule has 1 atom stereocenters. The molecule has 5 nitrogen and oxygen atoms in total. The van der Waals surface area contributed by atoms with Crippen LogP contribution >= 0.6 is 23.1 Å². The molecule has 1 N–H and O–H groups in total. The highest BCUT2D eigenvalue weighted by Gasteiger charge is 2.32. The summed E-state index contributed by atoms with van der Waals surface area (Å²) in [4.78, 5) is 11.9. The van der Waals surface area contributed by atoms with Gasteiger partial charge in [-0.1, -0.05) is 23.1 Å². The molecule has 0 radical (unpaired) electrons. The summed E-state index contributed by atoms with van der Waals surface area (Å²) >= 11 is 3.28. The van der Waals surface area contributed by atoms with E-state index in [9.17, 15) is 4.79 Å². The first-order valence-corrected chi connectivity index (χ1v) is 8.11. The molecule has 0 aliphatic heterocycles. The molecular weight excluding hydrogens is 282 g/mol. The quantitative estimate of drug-likeness (QED) is 0.451. The zero-order valence-corrected chi connectivity index (χ0v) is 13.5. The average molecular weight is 303 g/mol. The molecule has 7 heteroatoms. The van der Waals surface area contributed by atoms with Gasteiger partial charge in [-0.05, 0) is 40.7 Å². The number of carbonyl (C=O) groups excluding carboxylic acids is 1. The van der Waals surface area contributed by atoms with Crippen molar-refractivity contribution in [2.75, 3.05) is 19.4 Å². The fourth-order valence-electron chi connectivity index (χ4n) is 1.54. The van der Waals surface area contributed by atoms with Crippen molar-refractivity contribution in [2.45, 2.75) is 43.5 Å². The predicted molar refractivity (Wildman–Crippen MR) is 78.7 cm³/mol. The number of likely N-dealkylation sites (N-methyl/N-ethyl adjacent to an activating group) is 1. The van der Waals surface area contributed by atoms with Gasteiger partial charge in [-0.2, -0.15) is 0 Å². The van der Waals surface area contributed by atoms with Gasteiger partial charge in [0.2, 0.25) is 0 Å². The lowest BCUT2D eigenvalue weighted by molar-refractivity contribution is -0.150. The van der Waals surface area contributed by atoms with Gasteiger partial charge in [0.1, 0.15) is 10.5 Å². The third kappa shape index (κ3) is 5.08. The zero-order chi connectivity index (χ0) is 14.3. The summed E-state index contributed by atoms with van der Waals surface area (Å²) in [6.45, 7) is 6.06. The molecule has 0 aliphatic rings. The monoisotopic (exact) mass is 303 g/mol. The van der Waals surface area contributed by atoms with E-state index in [-0.39, 0.29) is 5.97 Å². The molecule has 0 fully saturated rings. The largest absolute Gasteiger partial charge is 0.465 e. The third-order valence-electron chi connectivity index (χ3n) is 2.83. The standard InChI is InChI=1S/C12H21N3O2S2/c1-5-17-10(16)12(3,13-4)7-6-8-18-11-15-14-9(2)19-11/h13H,5-8H2,1-4H3. The second-order valence-corrected chi connectivity index (χ2v) is 6.87. The molecular formula is C12H21N3O2S2. The van der Waals surface area contributed by atoms with Gasteiger partial charge in [0.25, 0.3) is 0 Å². The van der Waals surface area contributed by atoms with Crippen LogP contribution in [-0.2, 0) is 9.53 Å². The first kappa shape index (κ1) is 16.4. The van der Waals surface area contributed by atoms with Crippen molar-refractivity contribution in [1.29, 1.82) is 0 Å². The lowest BCUT2D eigenvalue weighted by atomic mass is 9.97. The zero-order valence-electron chi connectivity index (χ0n) is 11.9. The Kier molecular flexibility index (Phi) is 6.74. The second-order valence-electron chi connectivity index (χ2n) is 4.34. The van der Waals surface area contributed by atoms with E-state index < -0.39 is 5.54 Å². The highest BCUT2D eigenvalue weighted by Crippen LogP contribution is 2.24. The minimum absolute atomic E-state index is 0.186. The van der Waals surface area contributed by atoms with Crippen molar-refractivity contribution in [3.05, 3.63) is 5.01 Å². The molecule has 0 aliphatic carbocycles. The first-order chi connectivity index (χ1) is 9.01. The number of carbonyl (C=O) groups is 1. The normalized spacial score (nSPS) is 14.1. The lowest BCUT2D eigenvalue weighted by Crippen LogP contribution is -2.48. The molecule has 1 heterocycles. The summed E-state index contributed by atoms with van der Waals surface area (Å²) in [5.41, 5.74) is -0.604. The second kappa shape index (κ2) is 7.81. The third-order valence-corrected chi connectivity index (χ3v) is 4.89. The molecule has 0 spiro atoms. The predicted octanol–water partition coefficient (Wildman–Crippen LogP) is 2.26. The van der Waals surface area contributed by atoms with Crippen molar-refractivity contribution >= 4 is 29.1 Å². The topological polar surface area (TPSA) is 64.1 Å². The van der Waals surface area contributed by atoms with Crippen LogP contribution in [0.4, 0.5) is 0 Å². The van der Waals surface area contributed by atoms with E-state index in [1.165, 1.54) is 0 Å². The van der Waals surface area contributed by atoms with E-state index in [0.717, 1.165) is 27.9 Å².